The normalized spacial score (nSPS) is 18.2. The number of nitrogens with two attached hydrogens (primary N) is 2. The molecule has 0 radical (unpaired) electrons. The summed E-state index contributed by atoms with van der Waals surface area (Å²) < 4.78 is 7.33. The van der Waals surface area contributed by atoms with E-state index in [0.717, 1.165) is 30.7 Å². The number of furan rings is 1. The number of nitrogens with one attached hydrogen (secondary N) is 3. The number of aryl methyl sites for hydroxylation is 1. The van der Waals surface area contributed by atoms with Crippen molar-refractivity contribution in [2.24, 2.45) is 0 Å². The van der Waals surface area contributed by atoms with Gasteiger partial charge < -0.3 is 21.2 Å². The molecule has 0 saturated carbocycles. The molecule has 1 atom stereocenters. The highest BCUT2D eigenvalue weighted by atomic mass is 16.3. The smallest absolute Gasteiger partial charge is 0.227 e. The summed E-state index contributed by atoms with van der Waals surface area (Å²) in [4.78, 5) is 4.22. The van der Waals surface area contributed by atoms with E-state index in [0.29, 0.717) is 11.8 Å². The topological polar surface area (TPSA) is 131 Å². The van der Waals surface area contributed by atoms with Crippen LogP contribution in [0.1, 0.15) is 24.2 Å². The maximum Gasteiger partial charge on any atom is 0.227 e. The van der Waals surface area contributed by atoms with Gasteiger partial charge in [-0.3, -0.25) is 10.8 Å². The molecule has 7 N–H and O–H groups in total. The van der Waals surface area contributed by atoms with E-state index in [4.69, 9.17) is 21.3 Å². The molecule has 1 aliphatic rings. The first-order valence-electron chi connectivity index (χ1n) is 8.45. The SMILES string of the molecule is N=c1cc(N)n2c(n1)NC(CCCc1ccc(N)cc1)(c1ccco1)N2. The Morgan fingerprint density at radius 1 is 1.19 bits per heavy atom. The van der Waals surface area contributed by atoms with E-state index in [-0.39, 0.29) is 5.49 Å². The van der Waals surface area contributed by atoms with Gasteiger partial charge in [0.15, 0.2) is 16.9 Å². The Labute approximate surface area is 150 Å². The molecule has 1 aliphatic heterocycles. The average molecular weight is 351 g/mol. The second kappa shape index (κ2) is 6.14. The van der Waals surface area contributed by atoms with Gasteiger partial charge in [-0.05, 0) is 49.1 Å². The van der Waals surface area contributed by atoms with E-state index in [2.05, 4.69) is 15.7 Å². The Balaban J connectivity index is 1.57. The Bertz CT molecular complexity index is 962. The number of hydrogen-bond donors (Lipinski definition) is 5. The molecule has 0 saturated heterocycles. The zero-order valence-corrected chi connectivity index (χ0v) is 14.2. The van der Waals surface area contributed by atoms with Gasteiger partial charge >= 0.3 is 0 Å². The largest absolute Gasteiger partial charge is 0.465 e. The van der Waals surface area contributed by atoms with Gasteiger partial charge in [0.2, 0.25) is 5.95 Å². The Kier molecular flexibility index (Phi) is 3.80. The molecule has 0 amide bonds. The first kappa shape index (κ1) is 16.1. The van der Waals surface area contributed by atoms with E-state index in [1.165, 1.54) is 11.6 Å². The van der Waals surface area contributed by atoms with Crippen LogP contribution >= 0.6 is 0 Å². The van der Waals surface area contributed by atoms with Crippen LogP contribution in [0.15, 0.2) is 53.1 Å². The standard InChI is InChI=1S/C18H21N7O/c19-13-7-5-12(6-8-13)3-1-9-18(14-4-2-10-26-14)23-17-22-15(20)11-16(21)25(17)24-18/h2,4-8,10-11,24H,1,3,9,19,21H2,(H2,20,22,23). The zero-order chi connectivity index (χ0) is 18.1. The van der Waals surface area contributed by atoms with Crippen LogP contribution in [0, 0.1) is 5.41 Å². The monoisotopic (exact) mass is 351 g/mol. The Hall–Kier alpha value is -3.42. The molecule has 3 heterocycles. The van der Waals surface area contributed by atoms with Gasteiger partial charge in [-0.15, -0.1) is 0 Å². The lowest BCUT2D eigenvalue weighted by Gasteiger charge is -2.27. The number of anilines is 3. The number of benzene rings is 1. The maximum absolute atomic E-state index is 7.77. The summed E-state index contributed by atoms with van der Waals surface area (Å²) in [6.45, 7) is 0. The molecule has 8 heteroatoms. The second-order valence-electron chi connectivity index (χ2n) is 6.44. The molecule has 2 aromatic heterocycles. The number of nitrogen functional groups attached to an aromatic ring is 2. The number of aromatic nitrogens is 2. The lowest BCUT2D eigenvalue weighted by Crippen LogP contribution is -2.40. The minimum absolute atomic E-state index is 0.111. The summed E-state index contributed by atoms with van der Waals surface area (Å²) in [7, 11) is 0. The third-order valence-corrected chi connectivity index (χ3v) is 4.55. The lowest BCUT2D eigenvalue weighted by molar-refractivity contribution is 0.371. The average Bonchev–Trinajstić information content (AvgIpc) is 3.25. The predicted octanol–water partition coefficient (Wildman–Crippen LogP) is 1.96. The van der Waals surface area contributed by atoms with Crippen LogP contribution in [-0.2, 0) is 12.1 Å². The van der Waals surface area contributed by atoms with Gasteiger partial charge in [0.25, 0.3) is 0 Å². The van der Waals surface area contributed by atoms with Crippen LogP contribution in [0.25, 0.3) is 0 Å². The van der Waals surface area contributed by atoms with E-state index >= 15 is 0 Å². The van der Waals surface area contributed by atoms with Crippen molar-refractivity contribution in [1.82, 2.24) is 9.66 Å². The molecular weight excluding hydrogens is 330 g/mol. The fourth-order valence-corrected chi connectivity index (χ4v) is 3.26. The Morgan fingerprint density at radius 3 is 2.73 bits per heavy atom. The van der Waals surface area contributed by atoms with Gasteiger partial charge in [-0.2, -0.15) is 4.98 Å². The van der Waals surface area contributed by atoms with Crippen molar-refractivity contribution in [3.63, 3.8) is 0 Å². The van der Waals surface area contributed by atoms with Gasteiger partial charge in [-0.1, -0.05) is 12.1 Å². The van der Waals surface area contributed by atoms with Gasteiger partial charge in [0.05, 0.1) is 6.26 Å². The summed E-state index contributed by atoms with van der Waals surface area (Å²) in [6.07, 6.45) is 4.17. The van der Waals surface area contributed by atoms with Crippen LogP contribution in [0.2, 0.25) is 0 Å². The highest BCUT2D eigenvalue weighted by Crippen LogP contribution is 2.35. The molecule has 4 rings (SSSR count). The molecule has 0 fully saturated rings. The first-order valence-corrected chi connectivity index (χ1v) is 8.45. The number of nitrogens with zero attached hydrogens (tertiary/aromatic N) is 2. The summed E-state index contributed by atoms with van der Waals surface area (Å²) in [5.74, 6) is 1.66. The minimum Gasteiger partial charge on any atom is -0.465 e. The molecule has 8 nitrogen and oxygen atoms in total. The predicted molar refractivity (Wildman–Crippen MR) is 99.7 cm³/mol. The van der Waals surface area contributed by atoms with Crippen molar-refractivity contribution in [2.45, 2.75) is 24.9 Å². The van der Waals surface area contributed by atoms with Crippen LogP contribution in [0.5, 0.6) is 0 Å². The molecule has 134 valence electrons. The number of fused-ring (bicyclic) bond motifs is 1. The van der Waals surface area contributed by atoms with Crippen molar-refractivity contribution < 1.29 is 4.42 Å². The van der Waals surface area contributed by atoms with Crippen LogP contribution in [0.3, 0.4) is 0 Å². The van der Waals surface area contributed by atoms with Crippen LogP contribution in [0.4, 0.5) is 17.5 Å². The van der Waals surface area contributed by atoms with Crippen molar-refractivity contribution in [3.05, 3.63) is 65.5 Å². The van der Waals surface area contributed by atoms with Gasteiger partial charge in [0.1, 0.15) is 5.82 Å². The summed E-state index contributed by atoms with van der Waals surface area (Å²) >= 11 is 0. The van der Waals surface area contributed by atoms with Gasteiger partial charge in [-0.25, -0.2) is 4.68 Å². The molecule has 1 unspecified atom stereocenters. The van der Waals surface area contributed by atoms with Gasteiger partial charge in [0, 0.05) is 11.8 Å². The van der Waals surface area contributed by atoms with E-state index in [1.54, 1.807) is 10.9 Å². The maximum atomic E-state index is 7.77. The summed E-state index contributed by atoms with van der Waals surface area (Å²) in [6, 6.07) is 13.2. The second-order valence-corrected chi connectivity index (χ2v) is 6.44. The van der Waals surface area contributed by atoms with Crippen molar-refractivity contribution in [3.8, 4) is 0 Å². The molecule has 3 aromatic rings. The zero-order valence-electron chi connectivity index (χ0n) is 14.2. The van der Waals surface area contributed by atoms with E-state index < -0.39 is 5.66 Å². The molecular formula is C18H21N7O. The molecule has 0 bridgehead atoms. The number of rotatable bonds is 5. The van der Waals surface area contributed by atoms with Crippen molar-refractivity contribution in [2.75, 3.05) is 22.2 Å². The minimum atomic E-state index is -0.667. The highest BCUT2D eigenvalue weighted by Gasteiger charge is 2.41. The fourth-order valence-electron chi connectivity index (χ4n) is 3.26. The molecule has 0 aliphatic carbocycles. The summed E-state index contributed by atoms with van der Waals surface area (Å²) in [5, 5.41) is 11.1. The number of hydrogen-bond acceptors (Lipinski definition) is 7. The third-order valence-electron chi connectivity index (χ3n) is 4.55. The van der Waals surface area contributed by atoms with Crippen molar-refractivity contribution >= 4 is 17.5 Å². The highest BCUT2D eigenvalue weighted by molar-refractivity contribution is 5.49. The van der Waals surface area contributed by atoms with Crippen LogP contribution in [-0.4, -0.2) is 9.66 Å². The van der Waals surface area contributed by atoms with Crippen LogP contribution < -0.4 is 27.7 Å². The molecule has 0 spiro atoms. The van der Waals surface area contributed by atoms with E-state index in [1.807, 2.05) is 36.4 Å². The first-order chi connectivity index (χ1) is 12.6. The summed E-state index contributed by atoms with van der Waals surface area (Å²) in [5.41, 5.74) is 16.6. The molecule has 26 heavy (non-hydrogen) atoms. The fraction of sp³-hybridized carbons (Fsp3) is 0.222. The third kappa shape index (κ3) is 2.85. The van der Waals surface area contributed by atoms with Crippen molar-refractivity contribution in [1.29, 1.82) is 5.41 Å². The Morgan fingerprint density at radius 2 is 2.00 bits per heavy atom. The van der Waals surface area contributed by atoms with E-state index in [9.17, 15) is 0 Å². The lowest BCUT2D eigenvalue weighted by atomic mass is 9.98. The quantitative estimate of drug-likeness (QED) is 0.447. The molecule has 1 aromatic carbocycles.